The van der Waals surface area contributed by atoms with E-state index in [-0.39, 0.29) is 0 Å². The minimum absolute atomic E-state index is 0.433. The minimum atomic E-state index is 0.433. The van der Waals surface area contributed by atoms with Gasteiger partial charge in [-0.3, -0.25) is 0 Å². The van der Waals surface area contributed by atoms with Crippen LogP contribution in [0.5, 0.6) is 5.75 Å². The number of benzene rings is 1. The lowest BCUT2D eigenvalue weighted by molar-refractivity contribution is 0.305. The highest BCUT2D eigenvalue weighted by Gasteiger charge is 2.08. The van der Waals surface area contributed by atoms with E-state index in [2.05, 4.69) is 36.3 Å². The van der Waals surface area contributed by atoms with Gasteiger partial charge in [0.05, 0.1) is 0 Å². The van der Waals surface area contributed by atoms with Crippen LogP contribution in [0.2, 0.25) is 0 Å². The molecule has 0 bridgehead atoms. The molecule has 0 radical (unpaired) electrons. The quantitative estimate of drug-likeness (QED) is 0.792. The summed E-state index contributed by atoms with van der Waals surface area (Å²) in [6.07, 6.45) is 4.06. The molecule has 1 unspecified atom stereocenters. The van der Waals surface area contributed by atoms with Crippen LogP contribution in [0.25, 0.3) is 0 Å². The predicted molar refractivity (Wildman–Crippen MR) is 84.2 cm³/mol. The Morgan fingerprint density at radius 2 is 2.05 bits per heavy atom. The molecule has 108 valence electrons. The van der Waals surface area contributed by atoms with Crippen LogP contribution in [0.4, 0.5) is 0 Å². The molecule has 1 N–H and O–H groups in total. The summed E-state index contributed by atoms with van der Waals surface area (Å²) in [4.78, 5) is 4.21. The first-order valence-electron chi connectivity index (χ1n) is 7.18. The minimum Gasteiger partial charge on any atom is -0.486 e. The molecule has 1 aromatic heterocycles. The van der Waals surface area contributed by atoms with Crippen molar-refractivity contribution in [1.29, 1.82) is 0 Å². The maximum absolute atomic E-state index is 5.73. The molecule has 0 saturated heterocycles. The van der Waals surface area contributed by atoms with Gasteiger partial charge in [0.15, 0.2) is 0 Å². The average Bonchev–Trinajstić information content (AvgIpc) is 3.00. The Morgan fingerprint density at radius 3 is 2.65 bits per heavy atom. The highest BCUT2D eigenvalue weighted by molar-refractivity contribution is 7.09. The first-order valence-corrected chi connectivity index (χ1v) is 8.06. The number of thiazole rings is 1. The van der Waals surface area contributed by atoms with E-state index >= 15 is 0 Å². The Balaban J connectivity index is 1.91. The maximum Gasteiger partial charge on any atom is 0.140 e. The average molecular weight is 290 g/mol. The van der Waals surface area contributed by atoms with Gasteiger partial charge in [-0.1, -0.05) is 26.0 Å². The highest BCUT2D eigenvalue weighted by atomic mass is 32.1. The van der Waals surface area contributed by atoms with E-state index in [1.807, 2.05) is 17.5 Å². The zero-order valence-corrected chi connectivity index (χ0v) is 13.0. The van der Waals surface area contributed by atoms with Gasteiger partial charge in [-0.05, 0) is 37.1 Å². The van der Waals surface area contributed by atoms with Gasteiger partial charge in [0, 0.05) is 17.6 Å². The van der Waals surface area contributed by atoms with E-state index < -0.39 is 0 Å². The third-order valence-electron chi connectivity index (χ3n) is 3.18. The zero-order valence-electron chi connectivity index (χ0n) is 12.1. The Bertz CT molecular complexity index is 482. The smallest absolute Gasteiger partial charge is 0.140 e. The van der Waals surface area contributed by atoms with Crippen LogP contribution >= 0.6 is 11.3 Å². The molecular formula is C16H22N2OS. The van der Waals surface area contributed by atoms with Crippen molar-refractivity contribution in [3.05, 3.63) is 46.4 Å². The van der Waals surface area contributed by atoms with Crippen molar-refractivity contribution in [2.45, 2.75) is 39.3 Å². The Hall–Kier alpha value is -1.39. The summed E-state index contributed by atoms with van der Waals surface area (Å²) in [5, 5.41) is 6.53. The summed E-state index contributed by atoms with van der Waals surface area (Å²) in [6, 6.07) is 8.81. The van der Waals surface area contributed by atoms with Crippen LogP contribution in [0.15, 0.2) is 35.8 Å². The number of rotatable bonds is 8. The van der Waals surface area contributed by atoms with Gasteiger partial charge >= 0.3 is 0 Å². The molecule has 0 aliphatic heterocycles. The lowest BCUT2D eigenvalue weighted by Gasteiger charge is -2.17. The maximum atomic E-state index is 5.73. The number of ether oxygens (including phenoxy) is 1. The molecule has 0 fully saturated rings. The molecule has 1 aromatic carbocycles. The van der Waals surface area contributed by atoms with E-state index in [9.17, 15) is 0 Å². The third-order valence-corrected chi connectivity index (χ3v) is 3.93. The molecule has 1 heterocycles. The van der Waals surface area contributed by atoms with Gasteiger partial charge in [0.2, 0.25) is 0 Å². The predicted octanol–water partition coefficient (Wildman–Crippen LogP) is 4.17. The second kappa shape index (κ2) is 8.02. The van der Waals surface area contributed by atoms with Crippen molar-refractivity contribution in [2.75, 3.05) is 6.54 Å². The summed E-state index contributed by atoms with van der Waals surface area (Å²) in [7, 11) is 0. The second-order valence-electron chi connectivity index (χ2n) is 4.70. The molecule has 0 amide bonds. The van der Waals surface area contributed by atoms with E-state index in [0.29, 0.717) is 12.6 Å². The molecule has 4 heteroatoms. The van der Waals surface area contributed by atoms with Gasteiger partial charge < -0.3 is 10.1 Å². The summed E-state index contributed by atoms with van der Waals surface area (Å²) >= 11 is 1.62. The SMILES string of the molecule is CCCNC(CC)c1ccc(OCc2nccs2)cc1. The fourth-order valence-corrected chi connectivity index (χ4v) is 2.61. The molecule has 0 aliphatic rings. The van der Waals surface area contributed by atoms with Crippen LogP contribution in [0, 0.1) is 0 Å². The standard InChI is InChI=1S/C16H22N2OS/c1-3-9-17-15(4-2)13-5-7-14(8-6-13)19-12-16-18-10-11-20-16/h5-8,10-11,15,17H,3-4,9,12H2,1-2H3. The lowest BCUT2D eigenvalue weighted by Crippen LogP contribution is -2.21. The highest BCUT2D eigenvalue weighted by Crippen LogP contribution is 2.21. The molecule has 20 heavy (non-hydrogen) atoms. The Labute approximate surface area is 125 Å². The van der Waals surface area contributed by atoms with Crippen LogP contribution in [0.1, 0.15) is 43.3 Å². The van der Waals surface area contributed by atoms with Crippen LogP contribution < -0.4 is 10.1 Å². The molecule has 0 saturated carbocycles. The molecule has 2 aromatic rings. The summed E-state index contributed by atoms with van der Waals surface area (Å²) < 4.78 is 5.73. The van der Waals surface area contributed by atoms with Crippen LogP contribution in [0.3, 0.4) is 0 Å². The van der Waals surface area contributed by atoms with Crippen LogP contribution in [-0.2, 0) is 6.61 Å². The normalized spacial score (nSPS) is 12.3. The van der Waals surface area contributed by atoms with Crippen molar-refractivity contribution < 1.29 is 4.74 Å². The fourth-order valence-electron chi connectivity index (χ4n) is 2.08. The Kier molecular flexibility index (Phi) is 6.02. The number of aromatic nitrogens is 1. The van der Waals surface area contributed by atoms with Gasteiger partial charge in [-0.2, -0.15) is 0 Å². The summed E-state index contributed by atoms with van der Waals surface area (Å²) in [6.45, 7) is 6.00. The largest absolute Gasteiger partial charge is 0.486 e. The summed E-state index contributed by atoms with van der Waals surface area (Å²) in [5.41, 5.74) is 1.32. The van der Waals surface area contributed by atoms with E-state index in [1.54, 1.807) is 17.5 Å². The second-order valence-corrected chi connectivity index (χ2v) is 5.68. The van der Waals surface area contributed by atoms with Gasteiger partial charge in [-0.25, -0.2) is 4.98 Å². The number of hydrogen-bond acceptors (Lipinski definition) is 4. The summed E-state index contributed by atoms with van der Waals surface area (Å²) in [5.74, 6) is 0.897. The first kappa shape index (κ1) is 15.0. The molecular weight excluding hydrogens is 268 g/mol. The molecule has 2 rings (SSSR count). The number of nitrogens with one attached hydrogen (secondary N) is 1. The Morgan fingerprint density at radius 1 is 1.25 bits per heavy atom. The molecule has 0 spiro atoms. The van der Waals surface area contributed by atoms with Gasteiger partial charge in [0.1, 0.15) is 17.4 Å². The van der Waals surface area contributed by atoms with Crippen LogP contribution in [-0.4, -0.2) is 11.5 Å². The fraction of sp³-hybridized carbons (Fsp3) is 0.438. The van der Waals surface area contributed by atoms with Crippen molar-refractivity contribution >= 4 is 11.3 Å². The first-order chi connectivity index (χ1) is 9.83. The van der Waals surface area contributed by atoms with Crippen molar-refractivity contribution in [3.8, 4) is 5.75 Å². The van der Waals surface area contributed by atoms with E-state index in [0.717, 1.165) is 30.1 Å². The molecule has 0 aliphatic carbocycles. The van der Waals surface area contributed by atoms with E-state index in [4.69, 9.17) is 4.74 Å². The van der Waals surface area contributed by atoms with Crippen molar-refractivity contribution in [3.63, 3.8) is 0 Å². The third kappa shape index (κ3) is 4.32. The molecule has 1 atom stereocenters. The van der Waals surface area contributed by atoms with Gasteiger partial charge in [0.25, 0.3) is 0 Å². The zero-order chi connectivity index (χ0) is 14.2. The van der Waals surface area contributed by atoms with Gasteiger partial charge in [-0.15, -0.1) is 11.3 Å². The monoisotopic (exact) mass is 290 g/mol. The lowest BCUT2D eigenvalue weighted by atomic mass is 10.0. The molecule has 3 nitrogen and oxygen atoms in total. The van der Waals surface area contributed by atoms with Crippen molar-refractivity contribution in [2.24, 2.45) is 0 Å². The van der Waals surface area contributed by atoms with Crippen molar-refractivity contribution in [1.82, 2.24) is 10.3 Å². The number of nitrogens with zero attached hydrogens (tertiary/aromatic N) is 1. The number of hydrogen-bond donors (Lipinski definition) is 1. The van der Waals surface area contributed by atoms with E-state index in [1.165, 1.54) is 5.56 Å². The topological polar surface area (TPSA) is 34.1 Å².